The van der Waals surface area contributed by atoms with Gasteiger partial charge in [-0.1, -0.05) is 19.4 Å². The van der Waals surface area contributed by atoms with E-state index in [1.165, 1.54) is 17.6 Å². The zero-order chi connectivity index (χ0) is 8.77. The average molecular weight is 164 g/mol. The van der Waals surface area contributed by atoms with E-state index in [9.17, 15) is 4.79 Å². The summed E-state index contributed by atoms with van der Waals surface area (Å²) < 4.78 is 0. The van der Waals surface area contributed by atoms with Gasteiger partial charge in [-0.25, -0.2) is 0 Å². The molecule has 0 aromatic rings. The van der Waals surface area contributed by atoms with Gasteiger partial charge in [-0.3, -0.25) is 4.79 Å². The Labute approximate surface area is 73.8 Å². The van der Waals surface area contributed by atoms with Gasteiger partial charge in [-0.2, -0.15) is 0 Å². The minimum absolute atomic E-state index is 0.431. The highest BCUT2D eigenvalue weighted by molar-refractivity contribution is 5.98. The van der Waals surface area contributed by atoms with Crippen LogP contribution in [0.25, 0.3) is 0 Å². The fourth-order valence-corrected chi connectivity index (χ4v) is 2.40. The van der Waals surface area contributed by atoms with Gasteiger partial charge in [0.1, 0.15) is 0 Å². The van der Waals surface area contributed by atoms with E-state index in [1.54, 1.807) is 0 Å². The predicted molar refractivity (Wildman–Crippen MR) is 48.9 cm³/mol. The van der Waals surface area contributed by atoms with E-state index >= 15 is 0 Å². The molecule has 0 fully saturated rings. The maximum atomic E-state index is 11.4. The highest BCUT2D eigenvalue weighted by Gasteiger charge is 2.32. The highest BCUT2D eigenvalue weighted by Crippen LogP contribution is 2.43. The lowest BCUT2D eigenvalue weighted by molar-refractivity contribution is -0.115. The third-order valence-electron chi connectivity index (χ3n) is 3.16. The van der Waals surface area contributed by atoms with Crippen LogP contribution in [0.3, 0.4) is 0 Å². The predicted octanol–water partition coefficient (Wildman–Crippen LogP) is 2.86. The summed E-state index contributed by atoms with van der Waals surface area (Å²) >= 11 is 0. The van der Waals surface area contributed by atoms with Gasteiger partial charge in [0.25, 0.3) is 0 Å². The number of Topliss-reactive ketones (excluding diaryl/α,β-unsaturated/α-hetero) is 1. The lowest BCUT2D eigenvalue weighted by Crippen LogP contribution is -2.17. The van der Waals surface area contributed by atoms with Crippen LogP contribution in [0, 0.1) is 5.41 Å². The summed E-state index contributed by atoms with van der Waals surface area (Å²) in [5.41, 5.74) is 3.11. The normalized spacial score (nSPS) is 27.7. The number of rotatable bonds is 0. The number of carbonyl (C=O) groups is 1. The van der Waals surface area contributed by atoms with Crippen molar-refractivity contribution in [2.75, 3.05) is 0 Å². The van der Waals surface area contributed by atoms with Crippen LogP contribution in [0.4, 0.5) is 0 Å². The molecule has 66 valence electrons. The zero-order valence-electron chi connectivity index (χ0n) is 7.94. The van der Waals surface area contributed by atoms with Gasteiger partial charge in [0.15, 0.2) is 5.78 Å². The van der Waals surface area contributed by atoms with Gasteiger partial charge in [-0.05, 0) is 36.7 Å². The van der Waals surface area contributed by atoms with Crippen LogP contribution in [0.15, 0.2) is 11.1 Å². The Morgan fingerprint density at radius 2 is 1.92 bits per heavy atom. The molecular formula is C11H16O. The van der Waals surface area contributed by atoms with E-state index < -0.39 is 0 Å². The second kappa shape index (κ2) is 2.45. The molecule has 0 aromatic carbocycles. The molecule has 0 aliphatic heterocycles. The summed E-state index contributed by atoms with van der Waals surface area (Å²) in [5.74, 6) is 0.431. The summed E-state index contributed by atoms with van der Waals surface area (Å²) in [6.07, 6.45) is 5.24. The molecule has 1 heteroatoms. The second-order valence-electron chi connectivity index (χ2n) is 4.85. The third-order valence-corrected chi connectivity index (χ3v) is 3.16. The largest absolute Gasteiger partial charge is 0.295 e. The fourth-order valence-electron chi connectivity index (χ4n) is 2.40. The summed E-state index contributed by atoms with van der Waals surface area (Å²) in [6, 6.07) is 0. The molecule has 0 heterocycles. The average Bonchev–Trinajstić information content (AvgIpc) is 2.30. The quantitative estimate of drug-likeness (QED) is 0.538. The first-order chi connectivity index (χ1) is 5.58. The number of hydrogen-bond donors (Lipinski definition) is 0. The molecule has 0 saturated carbocycles. The lowest BCUT2D eigenvalue weighted by atomic mass is 9.75. The first kappa shape index (κ1) is 8.03. The molecular weight excluding hydrogens is 148 g/mol. The minimum Gasteiger partial charge on any atom is -0.295 e. The van der Waals surface area contributed by atoms with E-state index in [2.05, 4.69) is 13.8 Å². The van der Waals surface area contributed by atoms with Crippen LogP contribution < -0.4 is 0 Å². The van der Waals surface area contributed by atoms with Gasteiger partial charge < -0.3 is 0 Å². The Bertz CT molecular complexity index is 258. The van der Waals surface area contributed by atoms with Crippen molar-refractivity contribution in [3.05, 3.63) is 11.1 Å². The van der Waals surface area contributed by atoms with Crippen molar-refractivity contribution >= 4 is 5.78 Å². The van der Waals surface area contributed by atoms with Crippen LogP contribution in [0.1, 0.15) is 46.0 Å². The first-order valence-electron chi connectivity index (χ1n) is 4.83. The summed E-state index contributed by atoms with van der Waals surface area (Å²) in [6.45, 7) is 4.61. The Balaban J connectivity index is 2.26. The molecule has 0 unspecified atom stereocenters. The smallest absolute Gasteiger partial charge is 0.159 e. The molecule has 0 atom stereocenters. The standard InChI is InChI=1S/C11H16O/c1-11(2)6-5-9-8(7-11)3-4-10(9)12/h3-7H2,1-2H3. The monoisotopic (exact) mass is 164 g/mol. The zero-order valence-corrected chi connectivity index (χ0v) is 7.94. The van der Waals surface area contributed by atoms with Crippen LogP contribution >= 0.6 is 0 Å². The molecule has 0 amide bonds. The number of hydrogen-bond acceptors (Lipinski definition) is 1. The molecule has 0 N–H and O–H groups in total. The van der Waals surface area contributed by atoms with Crippen molar-refractivity contribution < 1.29 is 4.79 Å². The Morgan fingerprint density at radius 3 is 2.67 bits per heavy atom. The van der Waals surface area contributed by atoms with E-state index in [0.717, 1.165) is 25.7 Å². The molecule has 0 radical (unpaired) electrons. The van der Waals surface area contributed by atoms with Crippen molar-refractivity contribution in [2.24, 2.45) is 5.41 Å². The topological polar surface area (TPSA) is 17.1 Å². The van der Waals surface area contributed by atoms with Crippen LogP contribution in [-0.2, 0) is 4.79 Å². The van der Waals surface area contributed by atoms with Crippen molar-refractivity contribution in [1.29, 1.82) is 0 Å². The van der Waals surface area contributed by atoms with Crippen LogP contribution in [0.2, 0.25) is 0 Å². The van der Waals surface area contributed by atoms with Gasteiger partial charge in [0.2, 0.25) is 0 Å². The summed E-state index contributed by atoms with van der Waals surface area (Å²) in [5, 5.41) is 0. The van der Waals surface area contributed by atoms with Crippen LogP contribution in [-0.4, -0.2) is 5.78 Å². The molecule has 0 spiro atoms. The third kappa shape index (κ3) is 1.21. The maximum Gasteiger partial charge on any atom is 0.159 e. The van der Waals surface area contributed by atoms with Gasteiger partial charge in [0, 0.05) is 6.42 Å². The van der Waals surface area contributed by atoms with Gasteiger partial charge >= 0.3 is 0 Å². The fraction of sp³-hybridized carbons (Fsp3) is 0.727. The van der Waals surface area contributed by atoms with Crippen molar-refractivity contribution in [3.8, 4) is 0 Å². The molecule has 12 heavy (non-hydrogen) atoms. The van der Waals surface area contributed by atoms with Gasteiger partial charge in [0.05, 0.1) is 0 Å². The van der Waals surface area contributed by atoms with Crippen LogP contribution in [0.5, 0.6) is 0 Å². The Hall–Kier alpha value is -0.590. The lowest BCUT2D eigenvalue weighted by Gasteiger charge is -2.30. The molecule has 0 saturated heterocycles. The maximum absolute atomic E-state index is 11.4. The number of ketones is 1. The molecule has 2 rings (SSSR count). The van der Waals surface area contributed by atoms with E-state index in [-0.39, 0.29) is 0 Å². The molecule has 0 aromatic heterocycles. The Kier molecular flexibility index (Phi) is 1.64. The van der Waals surface area contributed by atoms with Gasteiger partial charge in [-0.15, -0.1) is 0 Å². The first-order valence-corrected chi connectivity index (χ1v) is 4.83. The van der Waals surface area contributed by atoms with E-state index in [0.29, 0.717) is 11.2 Å². The number of allylic oxidation sites excluding steroid dienone is 2. The number of carbonyl (C=O) groups excluding carboxylic acids is 1. The Morgan fingerprint density at radius 1 is 1.17 bits per heavy atom. The highest BCUT2D eigenvalue weighted by atomic mass is 16.1. The molecule has 2 aliphatic carbocycles. The minimum atomic E-state index is 0.431. The van der Waals surface area contributed by atoms with E-state index in [1.807, 2.05) is 0 Å². The van der Waals surface area contributed by atoms with Crippen molar-refractivity contribution in [3.63, 3.8) is 0 Å². The SMILES string of the molecule is CC1(C)CCC2=C(CCC2=O)C1. The molecule has 2 aliphatic rings. The van der Waals surface area contributed by atoms with E-state index in [4.69, 9.17) is 0 Å². The van der Waals surface area contributed by atoms with Crippen molar-refractivity contribution in [2.45, 2.75) is 46.0 Å². The molecule has 0 bridgehead atoms. The summed E-state index contributed by atoms with van der Waals surface area (Å²) in [4.78, 5) is 11.4. The van der Waals surface area contributed by atoms with Crippen molar-refractivity contribution in [1.82, 2.24) is 0 Å². The second-order valence-corrected chi connectivity index (χ2v) is 4.85. The summed E-state index contributed by atoms with van der Waals surface area (Å²) in [7, 11) is 0. The molecule has 1 nitrogen and oxygen atoms in total.